The number of benzene rings is 1. The van der Waals surface area contributed by atoms with E-state index in [1.165, 1.54) is 0 Å². The molecule has 0 spiro atoms. The zero-order valence-electron chi connectivity index (χ0n) is 7.16. The van der Waals surface area contributed by atoms with Crippen LogP contribution in [0.15, 0.2) is 29.3 Å². The van der Waals surface area contributed by atoms with Crippen LogP contribution in [0.2, 0.25) is 5.02 Å². The van der Waals surface area contributed by atoms with E-state index in [9.17, 15) is 0 Å². The maximum absolute atomic E-state index is 5.71. The molecule has 0 aliphatic rings. The van der Waals surface area contributed by atoms with E-state index < -0.39 is 0 Å². The Morgan fingerprint density at radius 3 is 2.33 bits per heavy atom. The first-order valence-corrected chi connectivity index (χ1v) is 4.02. The fraction of sp³-hybridized carbons (Fsp3) is 0.222. The molecule has 0 saturated carbocycles. The Bertz CT molecular complexity index is 264. The molecule has 0 heterocycles. The summed E-state index contributed by atoms with van der Waals surface area (Å²) >= 11 is 5.71. The lowest BCUT2D eigenvalue weighted by Crippen LogP contribution is -2.06. The van der Waals surface area contributed by atoms with Crippen molar-refractivity contribution in [3.05, 3.63) is 29.3 Å². The summed E-state index contributed by atoms with van der Waals surface area (Å²) in [5.74, 6) is 0. The number of hydrogen-bond acceptors (Lipinski definition) is 1. The Balaban J connectivity index is 2.71. The molecule has 0 unspecified atom stereocenters. The van der Waals surface area contributed by atoms with Crippen molar-refractivity contribution >= 4 is 23.6 Å². The van der Waals surface area contributed by atoms with Gasteiger partial charge in [-0.05, 0) is 24.3 Å². The molecule has 0 radical (unpaired) electrons. The van der Waals surface area contributed by atoms with Gasteiger partial charge >= 0.3 is 0 Å². The van der Waals surface area contributed by atoms with Crippen LogP contribution < -0.4 is 0 Å². The molecule has 2 nitrogen and oxygen atoms in total. The van der Waals surface area contributed by atoms with E-state index in [-0.39, 0.29) is 0 Å². The molecule has 64 valence electrons. The van der Waals surface area contributed by atoms with Crippen LogP contribution in [-0.2, 0) is 0 Å². The van der Waals surface area contributed by atoms with Gasteiger partial charge in [-0.15, -0.1) is 0 Å². The van der Waals surface area contributed by atoms with Crippen molar-refractivity contribution in [1.82, 2.24) is 4.90 Å². The molecule has 0 atom stereocenters. The van der Waals surface area contributed by atoms with Gasteiger partial charge in [0.2, 0.25) is 0 Å². The smallest absolute Gasteiger partial charge is 0.0907 e. The molecule has 0 amide bonds. The van der Waals surface area contributed by atoms with Gasteiger partial charge in [-0.3, -0.25) is 0 Å². The standard InChI is InChI=1S/C9H11ClN2/c1-12(2)7-11-9-5-3-8(10)4-6-9/h3-7H,1-2H3. The number of halogens is 1. The van der Waals surface area contributed by atoms with Gasteiger partial charge in [0.1, 0.15) is 0 Å². The lowest BCUT2D eigenvalue weighted by Gasteiger charge is -2.01. The summed E-state index contributed by atoms with van der Waals surface area (Å²) < 4.78 is 0. The lowest BCUT2D eigenvalue weighted by atomic mass is 10.3. The highest BCUT2D eigenvalue weighted by Crippen LogP contribution is 2.15. The van der Waals surface area contributed by atoms with Crippen LogP contribution in [0.5, 0.6) is 0 Å². The third-order valence-electron chi connectivity index (χ3n) is 1.26. The number of nitrogens with zero attached hydrogens (tertiary/aromatic N) is 2. The van der Waals surface area contributed by atoms with Crippen molar-refractivity contribution in [2.24, 2.45) is 4.99 Å². The Kier molecular flexibility index (Phi) is 3.11. The molecule has 3 heteroatoms. The van der Waals surface area contributed by atoms with Gasteiger partial charge in [0, 0.05) is 19.1 Å². The summed E-state index contributed by atoms with van der Waals surface area (Å²) in [6.07, 6.45) is 1.75. The minimum Gasteiger partial charge on any atom is -0.369 e. The molecule has 0 aliphatic heterocycles. The number of rotatable bonds is 2. The van der Waals surface area contributed by atoms with Crippen LogP contribution >= 0.6 is 11.6 Å². The highest BCUT2D eigenvalue weighted by atomic mass is 35.5. The van der Waals surface area contributed by atoms with E-state index in [0.717, 1.165) is 10.7 Å². The minimum atomic E-state index is 0.735. The van der Waals surface area contributed by atoms with Crippen LogP contribution in [0.25, 0.3) is 0 Å². The van der Waals surface area contributed by atoms with Crippen molar-refractivity contribution < 1.29 is 0 Å². The summed E-state index contributed by atoms with van der Waals surface area (Å²) in [7, 11) is 3.86. The van der Waals surface area contributed by atoms with E-state index in [1.54, 1.807) is 6.34 Å². The van der Waals surface area contributed by atoms with Crippen molar-refractivity contribution in [3.63, 3.8) is 0 Å². The van der Waals surface area contributed by atoms with Gasteiger partial charge in [0.15, 0.2) is 0 Å². The van der Waals surface area contributed by atoms with Gasteiger partial charge in [0.25, 0.3) is 0 Å². The second-order valence-corrected chi connectivity index (χ2v) is 3.12. The van der Waals surface area contributed by atoms with Crippen LogP contribution in [0.3, 0.4) is 0 Å². The van der Waals surface area contributed by atoms with E-state index in [1.807, 2.05) is 43.3 Å². The molecule has 0 bridgehead atoms. The molecule has 1 rings (SSSR count). The SMILES string of the molecule is CN(C)C=Nc1ccc(Cl)cc1. The predicted octanol–water partition coefficient (Wildman–Crippen LogP) is 2.56. The molecular weight excluding hydrogens is 172 g/mol. The Morgan fingerprint density at radius 2 is 1.83 bits per heavy atom. The monoisotopic (exact) mass is 182 g/mol. The van der Waals surface area contributed by atoms with Gasteiger partial charge in [0.05, 0.1) is 12.0 Å². The topological polar surface area (TPSA) is 15.6 Å². The predicted molar refractivity (Wildman–Crippen MR) is 53.3 cm³/mol. The third kappa shape index (κ3) is 2.93. The molecule has 0 aromatic heterocycles. The molecule has 12 heavy (non-hydrogen) atoms. The zero-order chi connectivity index (χ0) is 8.97. The quantitative estimate of drug-likeness (QED) is 0.507. The molecule has 0 aliphatic carbocycles. The summed E-state index contributed by atoms with van der Waals surface area (Å²) in [6.45, 7) is 0. The van der Waals surface area contributed by atoms with Crippen molar-refractivity contribution in [2.75, 3.05) is 14.1 Å². The van der Waals surface area contributed by atoms with Crippen LogP contribution in [0.4, 0.5) is 5.69 Å². The number of aliphatic imine (C=N–C) groups is 1. The van der Waals surface area contributed by atoms with E-state index in [0.29, 0.717) is 0 Å². The Labute approximate surface area is 77.5 Å². The van der Waals surface area contributed by atoms with Crippen LogP contribution in [0, 0.1) is 0 Å². The van der Waals surface area contributed by atoms with E-state index in [4.69, 9.17) is 11.6 Å². The van der Waals surface area contributed by atoms with E-state index >= 15 is 0 Å². The van der Waals surface area contributed by atoms with Gasteiger partial charge in [-0.2, -0.15) is 0 Å². The van der Waals surface area contributed by atoms with Crippen molar-refractivity contribution in [1.29, 1.82) is 0 Å². The first kappa shape index (κ1) is 9.07. The normalized spacial score (nSPS) is 10.6. The second-order valence-electron chi connectivity index (χ2n) is 2.68. The second kappa shape index (κ2) is 4.12. The Morgan fingerprint density at radius 1 is 1.25 bits per heavy atom. The minimum absolute atomic E-state index is 0.735. The fourth-order valence-corrected chi connectivity index (χ4v) is 0.835. The molecule has 1 aromatic carbocycles. The maximum atomic E-state index is 5.71. The zero-order valence-corrected chi connectivity index (χ0v) is 7.92. The number of hydrogen-bond donors (Lipinski definition) is 0. The van der Waals surface area contributed by atoms with Gasteiger partial charge in [-0.1, -0.05) is 11.6 Å². The van der Waals surface area contributed by atoms with Gasteiger partial charge < -0.3 is 4.90 Å². The maximum Gasteiger partial charge on any atom is 0.0907 e. The van der Waals surface area contributed by atoms with Crippen molar-refractivity contribution in [2.45, 2.75) is 0 Å². The molecule has 0 N–H and O–H groups in total. The van der Waals surface area contributed by atoms with Crippen molar-refractivity contribution in [3.8, 4) is 0 Å². The third-order valence-corrected chi connectivity index (χ3v) is 1.52. The molecular formula is C9H11ClN2. The highest BCUT2D eigenvalue weighted by molar-refractivity contribution is 6.30. The summed E-state index contributed by atoms with van der Waals surface area (Å²) in [4.78, 5) is 6.07. The van der Waals surface area contributed by atoms with Crippen LogP contribution in [0.1, 0.15) is 0 Å². The Hall–Kier alpha value is -1.02. The van der Waals surface area contributed by atoms with Gasteiger partial charge in [-0.25, -0.2) is 4.99 Å². The average Bonchev–Trinajstić information content (AvgIpc) is 2.03. The van der Waals surface area contributed by atoms with E-state index in [2.05, 4.69) is 4.99 Å². The summed E-state index contributed by atoms with van der Waals surface area (Å²) in [5.41, 5.74) is 0.910. The summed E-state index contributed by atoms with van der Waals surface area (Å²) in [5, 5.41) is 0.735. The first-order valence-electron chi connectivity index (χ1n) is 3.64. The molecule has 0 saturated heterocycles. The fourth-order valence-electron chi connectivity index (χ4n) is 0.709. The highest BCUT2D eigenvalue weighted by Gasteiger charge is 1.87. The first-order chi connectivity index (χ1) is 5.68. The average molecular weight is 183 g/mol. The summed E-state index contributed by atoms with van der Waals surface area (Å²) in [6, 6.07) is 7.40. The molecule has 1 aromatic rings. The lowest BCUT2D eigenvalue weighted by molar-refractivity contribution is 0.643. The largest absolute Gasteiger partial charge is 0.369 e. The molecule has 0 fully saturated rings. The van der Waals surface area contributed by atoms with Crippen LogP contribution in [-0.4, -0.2) is 25.3 Å².